The second-order valence-electron chi connectivity index (χ2n) is 5.07. The molecule has 3 rings (SSSR count). The molecule has 0 aliphatic carbocycles. The largest absolute Gasteiger partial charge is 0.370 e. The van der Waals surface area contributed by atoms with Gasteiger partial charge in [0.15, 0.2) is 0 Å². The molecule has 1 aliphatic rings. The van der Waals surface area contributed by atoms with Gasteiger partial charge in [0.1, 0.15) is 0 Å². The number of hydrogen-bond donors (Lipinski definition) is 2. The minimum Gasteiger partial charge on any atom is -0.370 e. The maximum Gasteiger partial charge on any atom is 0.0923 e. The topological polar surface area (TPSA) is 44.0 Å². The second kappa shape index (κ2) is 5.45. The Hall–Kier alpha value is -1.81. The summed E-state index contributed by atoms with van der Waals surface area (Å²) in [7, 11) is 0. The second-order valence-corrected chi connectivity index (χ2v) is 5.07. The number of nitrogens with one attached hydrogen (secondary N) is 2. The van der Waals surface area contributed by atoms with Gasteiger partial charge < -0.3 is 10.2 Å². The van der Waals surface area contributed by atoms with E-state index in [1.165, 1.54) is 17.7 Å². The highest BCUT2D eigenvalue weighted by Gasteiger charge is 2.09. The number of anilines is 1. The number of hydrogen-bond acceptors (Lipinski definition) is 3. The molecule has 0 unspecified atom stereocenters. The lowest BCUT2D eigenvalue weighted by molar-refractivity contribution is 0.724. The fourth-order valence-corrected chi connectivity index (χ4v) is 2.51. The summed E-state index contributed by atoms with van der Waals surface area (Å²) < 4.78 is 0. The van der Waals surface area contributed by atoms with E-state index in [2.05, 4.69) is 50.7 Å². The van der Waals surface area contributed by atoms with Crippen LogP contribution in [-0.2, 0) is 0 Å². The zero-order chi connectivity index (χ0) is 13.1. The molecule has 2 aromatic rings. The van der Waals surface area contributed by atoms with E-state index in [1.807, 2.05) is 6.92 Å². The molecule has 0 amide bonds. The van der Waals surface area contributed by atoms with Crippen LogP contribution in [0.4, 0.5) is 5.69 Å². The molecule has 1 fully saturated rings. The summed E-state index contributed by atoms with van der Waals surface area (Å²) in [5.74, 6) is 0. The molecule has 0 saturated carbocycles. The van der Waals surface area contributed by atoms with Crippen LogP contribution < -0.4 is 10.2 Å². The molecule has 0 spiro atoms. The van der Waals surface area contributed by atoms with Gasteiger partial charge in [0.2, 0.25) is 0 Å². The minimum atomic E-state index is 1.02. The van der Waals surface area contributed by atoms with Gasteiger partial charge in [0, 0.05) is 36.6 Å². The molecule has 1 saturated heterocycles. The number of H-pyrrole nitrogens is 1. The summed E-state index contributed by atoms with van der Waals surface area (Å²) in [6, 6.07) is 10.8. The third-order valence-electron chi connectivity index (χ3n) is 3.57. The molecule has 1 aliphatic heterocycles. The number of aromatic amines is 1. The van der Waals surface area contributed by atoms with E-state index in [9.17, 15) is 0 Å². The molecule has 4 heteroatoms. The van der Waals surface area contributed by atoms with Crippen molar-refractivity contribution in [2.45, 2.75) is 13.3 Å². The quantitative estimate of drug-likeness (QED) is 0.865. The van der Waals surface area contributed by atoms with Crippen LogP contribution in [0, 0.1) is 6.92 Å². The van der Waals surface area contributed by atoms with Crippen molar-refractivity contribution in [3.8, 4) is 11.3 Å². The van der Waals surface area contributed by atoms with Crippen molar-refractivity contribution in [3.63, 3.8) is 0 Å². The molecule has 0 radical (unpaired) electrons. The van der Waals surface area contributed by atoms with E-state index >= 15 is 0 Å². The summed E-state index contributed by atoms with van der Waals surface area (Å²) in [5, 5.41) is 10.7. The smallest absolute Gasteiger partial charge is 0.0923 e. The van der Waals surface area contributed by atoms with Gasteiger partial charge in [0.25, 0.3) is 0 Å². The van der Waals surface area contributed by atoms with Crippen LogP contribution in [0.2, 0.25) is 0 Å². The summed E-state index contributed by atoms with van der Waals surface area (Å²) in [6.45, 7) is 6.44. The van der Waals surface area contributed by atoms with Gasteiger partial charge in [-0.1, -0.05) is 12.1 Å². The van der Waals surface area contributed by atoms with Crippen molar-refractivity contribution < 1.29 is 0 Å². The van der Waals surface area contributed by atoms with Crippen molar-refractivity contribution in [2.24, 2.45) is 0 Å². The SMILES string of the molecule is Cc1cc(-c2ccc(N3CCCNCC3)cc2)n[nH]1. The van der Waals surface area contributed by atoms with Gasteiger partial charge in [-0.3, -0.25) is 5.10 Å². The molecular formula is C15H20N4. The van der Waals surface area contributed by atoms with Gasteiger partial charge >= 0.3 is 0 Å². The van der Waals surface area contributed by atoms with Crippen LogP contribution in [0.1, 0.15) is 12.1 Å². The third-order valence-corrected chi connectivity index (χ3v) is 3.57. The first-order valence-corrected chi connectivity index (χ1v) is 6.91. The lowest BCUT2D eigenvalue weighted by Crippen LogP contribution is -2.27. The van der Waals surface area contributed by atoms with Crippen LogP contribution in [0.5, 0.6) is 0 Å². The molecule has 100 valence electrons. The van der Waals surface area contributed by atoms with E-state index in [0.717, 1.165) is 37.6 Å². The van der Waals surface area contributed by atoms with Gasteiger partial charge in [-0.2, -0.15) is 5.10 Å². The van der Waals surface area contributed by atoms with E-state index < -0.39 is 0 Å². The first-order chi connectivity index (χ1) is 9.33. The van der Waals surface area contributed by atoms with Crippen LogP contribution >= 0.6 is 0 Å². The molecular weight excluding hydrogens is 236 g/mol. The average molecular weight is 256 g/mol. The number of rotatable bonds is 2. The Kier molecular flexibility index (Phi) is 3.51. The number of aromatic nitrogens is 2. The van der Waals surface area contributed by atoms with E-state index in [0.29, 0.717) is 0 Å². The predicted molar refractivity (Wildman–Crippen MR) is 78.5 cm³/mol. The standard InChI is InChI=1S/C15H20N4/c1-12-11-15(18-17-12)13-3-5-14(6-4-13)19-9-2-7-16-8-10-19/h3-6,11,16H,2,7-10H2,1H3,(H,17,18). The van der Waals surface area contributed by atoms with Crippen molar-refractivity contribution in [1.82, 2.24) is 15.5 Å². The molecule has 2 N–H and O–H groups in total. The minimum absolute atomic E-state index is 1.02. The fraction of sp³-hybridized carbons (Fsp3) is 0.400. The third kappa shape index (κ3) is 2.79. The monoisotopic (exact) mass is 256 g/mol. The van der Waals surface area contributed by atoms with E-state index in [1.54, 1.807) is 0 Å². The highest BCUT2D eigenvalue weighted by atomic mass is 15.2. The fourth-order valence-electron chi connectivity index (χ4n) is 2.51. The maximum atomic E-state index is 4.29. The molecule has 4 nitrogen and oxygen atoms in total. The Morgan fingerprint density at radius 1 is 1.11 bits per heavy atom. The number of aryl methyl sites for hydroxylation is 1. The van der Waals surface area contributed by atoms with Gasteiger partial charge in [-0.25, -0.2) is 0 Å². The van der Waals surface area contributed by atoms with Crippen LogP contribution in [0.25, 0.3) is 11.3 Å². The average Bonchev–Trinajstić information content (AvgIpc) is 2.72. The van der Waals surface area contributed by atoms with Crippen molar-refractivity contribution >= 4 is 5.69 Å². The highest BCUT2D eigenvalue weighted by molar-refractivity contribution is 5.63. The Morgan fingerprint density at radius 3 is 2.68 bits per heavy atom. The lowest BCUT2D eigenvalue weighted by Gasteiger charge is -2.22. The molecule has 1 aromatic heterocycles. The zero-order valence-electron chi connectivity index (χ0n) is 11.3. The summed E-state index contributed by atoms with van der Waals surface area (Å²) >= 11 is 0. The maximum absolute atomic E-state index is 4.29. The van der Waals surface area contributed by atoms with Gasteiger partial charge in [0.05, 0.1) is 5.69 Å². The van der Waals surface area contributed by atoms with Crippen molar-refractivity contribution in [2.75, 3.05) is 31.1 Å². The Labute approximate surface area is 113 Å². The molecule has 0 bridgehead atoms. The molecule has 19 heavy (non-hydrogen) atoms. The number of nitrogens with zero attached hydrogens (tertiary/aromatic N) is 2. The molecule has 1 aromatic carbocycles. The Morgan fingerprint density at radius 2 is 1.95 bits per heavy atom. The molecule has 2 heterocycles. The van der Waals surface area contributed by atoms with Crippen LogP contribution in [0.3, 0.4) is 0 Å². The first-order valence-electron chi connectivity index (χ1n) is 6.91. The van der Waals surface area contributed by atoms with E-state index in [4.69, 9.17) is 0 Å². The van der Waals surface area contributed by atoms with Crippen molar-refractivity contribution in [3.05, 3.63) is 36.0 Å². The van der Waals surface area contributed by atoms with Crippen LogP contribution in [-0.4, -0.2) is 36.4 Å². The normalized spacial score (nSPS) is 16.4. The van der Waals surface area contributed by atoms with Crippen molar-refractivity contribution in [1.29, 1.82) is 0 Å². The van der Waals surface area contributed by atoms with Crippen LogP contribution in [0.15, 0.2) is 30.3 Å². The first kappa shape index (κ1) is 12.2. The molecule has 0 atom stereocenters. The summed E-state index contributed by atoms with van der Waals surface area (Å²) in [4.78, 5) is 2.44. The lowest BCUT2D eigenvalue weighted by atomic mass is 10.1. The van der Waals surface area contributed by atoms with E-state index in [-0.39, 0.29) is 0 Å². The Bertz CT molecular complexity index is 521. The highest BCUT2D eigenvalue weighted by Crippen LogP contribution is 2.22. The summed E-state index contributed by atoms with van der Waals surface area (Å²) in [6.07, 6.45) is 1.21. The van der Waals surface area contributed by atoms with Gasteiger partial charge in [-0.15, -0.1) is 0 Å². The summed E-state index contributed by atoms with van der Waals surface area (Å²) in [5.41, 5.74) is 4.58. The zero-order valence-corrected chi connectivity index (χ0v) is 11.3. The van der Waals surface area contributed by atoms with Gasteiger partial charge in [-0.05, 0) is 38.1 Å². The number of benzene rings is 1. The Balaban J connectivity index is 1.78. The predicted octanol–water partition coefficient (Wildman–Crippen LogP) is 2.18.